The minimum atomic E-state index is -0.632. The van der Waals surface area contributed by atoms with E-state index in [4.69, 9.17) is 10.5 Å². The molecule has 82 valence electrons. The Morgan fingerprint density at radius 1 is 1.57 bits per heavy atom. The third-order valence-corrected chi connectivity index (χ3v) is 2.48. The van der Waals surface area contributed by atoms with Gasteiger partial charge < -0.3 is 15.6 Å². The molecule has 1 fully saturated rings. The number of aliphatic hydroxyl groups excluding tert-OH is 1. The van der Waals surface area contributed by atoms with Crippen molar-refractivity contribution in [2.24, 2.45) is 11.1 Å². The molecule has 0 bridgehead atoms. The van der Waals surface area contributed by atoms with E-state index in [1.54, 1.807) is 0 Å². The Balaban J connectivity index is 2.59. The topological polar surface area (TPSA) is 72.5 Å². The van der Waals surface area contributed by atoms with Crippen LogP contribution in [0.15, 0.2) is 0 Å². The quantitative estimate of drug-likeness (QED) is 0.635. The number of aliphatic hydroxyl groups is 1. The van der Waals surface area contributed by atoms with Crippen LogP contribution in [0.1, 0.15) is 33.6 Å². The summed E-state index contributed by atoms with van der Waals surface area (Å²) in [7, 11) is 0. The van der Waals surface area contributed by atoms with E-state index in [0.29, 0.717) is 12.8 Å². The lowest BCUT2D eigenvalue weighted by atomic mass is 9.67. The Kier molecular flexibility index (Phi) is 2.88. The molecule has 1 rings (SSSR count). The molecule has 0 radical (unpaired) electrons. The van der Waals surface area contributed by atoms with Gasteiger partial charge in [-0.3, -0.25) is 4.79 Å². The fourth-order valence-electron chi connectivity index (χ4n) is 1.65. The number of nitrogens with two attached hydrogens (primary N) is 1. The third-order valence-electron chi connectivity index (χ3n) is 2.48. The van der Waals surface area contributed by atoms with Gasteiger partial charge in [-0.25, -0.2) is 0 Å². The zero-order valence-corrected chi connectivity index (χ0v) is 9.04. The van der Waals surface area contributed by atoms with Crippen LogP contribution in [-0.2, 0) is 9.53 Å². The predicted octanol–water partition coefficient (Wildman–Crippen LogP) is 0.428. The van der Waals surface area contributed by atoms with Crippen molar-refractivity contribution in [2.75, 3.05) is 6.54 Å². The van der Waals surface area contributed by atoms with Crippen LogP contribution in [-0.4, -0.2) is 29.3 Å². The van der Waals surface area contributed by atoms with Crippen molar-refractivity contribution in [1.29, 1.82) is 0 Å². The van der Waals surface area contributed by atoms with Gasteiger partial charge in [0, 0.05) is 6.54 Å². The number of carbonyl (C=O) groups excluding carboxylic acids is 1. The summed E-state index contributed by atoms with van der Waals surface area (Å²) in [5.74, 6) is -0.280. The molecule has 0 aromatic rings. The summed E-state index contributed by atoms with van der Waals surface area (Å²) in [5.41, 5.74) is 4.42. The van der Waals surface area contributed by atoms with Crippen LogP contribution < -0.4 is 5.73 Å². The second kappa shape index (κ2) is 3.51. The molecule has 4 nitrogen and oxygen atoms in total. The summed E-state index contributed by atoms with van der Waals surface area (Å²) in [6.07, 6.45) is 0.461. The van der Waals surface area contributed by atoms with E-state index < -0.39 is 17.1 Å². The number of hydrogen-bond acceptors (Lipinski definition) is 4. The van der Waals surface area contributed by atoms with Crippen molar-refractivity contribution in [3.8, 4) is 0 Å². The summed E-state index contributed by atoms with van der Waals surface area (Å²) in [4.78, 5) is 11.7. The molecule has 14 heavy (non-hydrogen) atoms. The van der Waals surface area contributed by atoms with Crippen molar-refractivity contribution in [1.82, 2.24) is 0 Å². The van der Waals surface area contributed by atoms with Crippen molar-refractivity contribution < 1.29 is 14.6 Å². The molecule has 1 saturated carbocycles. The largest absolute Gasteiger partial charge is 0.460 e. The zero-order valence-electron chi connectivity index (χ0n) is 9.04. The zero-order chi connectivity index (χ0) is 11.0. The van der Waals surface area contributed by atoms with Crippen LogP contribution >= 0.6 is 0 Å². The second-order valence-corrected chi connectivity index (χ2v) is 5.05. The van der Waals surface area contributed by atoms with Crippen molar-refractivity contribution in [3.05, 3.63) is 0 Å². The van der Waals surface area contributed by atoms with Gasteiger partial charge in [-0.2, -0.15) is 0 Å². The average molecular weight is 201 g/mol. The maximum atomic E-state index is 11.7. The van der Waals surface area contributed by atoms with Crippen molar-refractivity contribution in [2.45, 2.75) is 45.3 Å². The van der Waals surface area contributed by atoms with E-state index >= 15 is 0 Å². The normalized spacial score (nSPS) is 32.2. The van der Waals surface area contributed by atoms with Gasteiger partial charge >= 0.3 is 5.97 Å². The first kappa shape index (κ1) is 11.5. The summed E-state index contributed by atoms with van der Waals surface area (Å²) in [5, 5.41) is 9.20. The third kappa shape index (κ3) is 2.25. The van der Waals surface area contributed by atoms with Gasteiger partial charge in [0.15, 0.2) is 0 Å². The molecule has 0 aromatic carbocycles. The molecular formula is C10H19NO3. The fourth-order valence-corrected chi connectivity index (χ4v) is 1.65. The van der Waals surface area contributed by atoms with E-state index in [9.17, 15) is 9.90 Å². The maximum absolute atomic E-state index is 11.7. The average Bonchev–Trinajstić information content (AvgIpc) is 1.94. The second-order valence-electron chi connectivity index (χ2n) is 5.05. The predicted molar refractivity (Wildman–Crippen MR) is 52.6 cm³/mol. The smallest absolute Gasteiger partial charge is 0.314 e. The molecule has 1 aliphatic carbocycles. The summed E-state index contributed by atoms with van der Waals surface area (Å²) >= 11 is 0. The highest BCUT2D eigenvalue weighted by molar-refractivity contribution is 5.79. The summed E-state index contributed by atoms with van der Waals surface area (Å²) in [6, 6.07) is 0. The Morgan fingerprint density at radius 3 is 2.36 bits per heavy atom. The monoisotopic (exact) mass is 201 g/mol. The molecule has 0 aliphatic heterocycles. The lowest BCUT2D eigenvalue weighted by molar-refractivity contribution is -0.180. The van der Waals surface area contributed by atoms with Gasteiger partial charge in [-0.15, -0.1) is 0 Å². The molecule has 4 heteroatoms. The molecule has 0 aromatic heterocycles. The van der Waals surface area contributed by atoms with Gasteiger partial charge in [0.2, 0.25) is 0 Å². The van der Waals surface area contributed by atoms with E-state index in [0.717, 1.165) is 0 Å². The Labute approximate surface area is 84.4 Å². The molecule has 0 amide bonds. The van der Waals surface area contributed by atoms with Gasteiger partial charge in [-0.1, -0.05) is 0 Å². The first-order valence-corrected chi connectivity index (χ1v) is 4.91. The van der Waals surface area contributed by atoms with Crippen LogP contribution in [0.2, 0.25) is 0 Å². The standard InChI is InChI=1S/C10H19NO3/c1-9(2,3)14-8(13)10(6-11)4-7(12)5-10/h7,12H,4-6,11H2,1-3H3. The summed E-state index contributed by atoms with van der Waals surface area (Å²) < 4.78 is 5.25. The highest BCUT2D eigenvalue weighted by atomic mass is 16.6. The Hall–Kier alpha value is -0.610. The van der Waals surface area contributed by atoms with Crippen molar-refractivity contribution in [3.63, 3.8) is 0 Å². The molecule has 0 heterocycles. The number of esters is 1. The molecule has 1 aliphatic rings. The first-order valence-electron chi connectivity index (χ1n) is 4.91. The van der Waals surface area contributed by atoms with Crippen LogP contribution in [0.4, 0.5) is 0 Å². The minimum absolute atomic E-state index is 0.249. The number of carbonyl (C=O) groups is 1. The van der Waals surface area contributed by atoms with Gasteiger partial charge in [0.05, 0.1) is 11.5 Å². The van der Waals surface area contributed by atoms with E-state index in [1.807, 2.05) is 20.8 Å². The van der Waals surface area contributed by atoms with Crippen LogP contribution in [0.25, 0.3) is 0 Å². The first-order chi connectivity index (χ1) is 6.29. The lowest BCUT2D eigenvalue weighted by Gasteiger charge is -2.43. The molecule has 0 atom stereocenters. The maximum Gasteiger partial charge on any atom is 0.314 e. The van der Waals surface area contributed by atoms with Crippen LogP contribution in [0, 0.1) is 5.41 Å². The summed E-state index contributed by atoms with van der Waals surface area (Å²) in [6.45, 7) is 5.72. The molecular weight excluding hydrogens is 182 g/mol. The number of ether oxygens (including phenoxy) is 1. The highest BCUT2D eigenvalue weighted by Gasteiger charge is 2.50. The minimum Gasteiger partial charge on any atom is -0.460 e. The van der Waals surface area contributed by atoms with Gasteiger partial charge in [-0.05, 0) is 33.6 Å². The van der Waals surface area contributed by atoms with E-state index in [-0.39, 0.29) is 12.5 Å². The SMILES string of the molecule is CC(C)(C)OC(=O)C1(CN)CC(O)C1. The van der Waals surface area contributed by atoms with Crippen LogP contribution in [0.3, 0.4) is 0 Å². The highest BCUT2D eigenvalue weighted by Crippen LogP contribution is 2.42. The fraction of sp³-hybridized carbons (Fsp3) is 0.900. The molecule has 0 saturated heterocycles. The van der Waals surface area contributed by atoms with Gasteiger partial charge in [0.25, 0.3) is 0 Å². The van der Waals surface area contributed by atoms with Gasteiger partial charge in [0.1, 0.15) is 5.60 Å². The lowest BCUT2D eigenvalue weighted by Crippen LogP contribution is -2.53. The van der Waals surface area contributed by atoms with Crippen LogP contribution in [0.5, 0.6) is 0 Å². The number of hydrogen-bond donors (Lipinski definition) is 2. The molecule has 0 spiro atoms. The van der Waals surface area contributed by atoms with Crippen molar-refractivity contribution >= 4 is 5.97 Å². The Morgan fingerprint density at radius 2 is 2.07 bits per heavy atom. The molecule has 0 unspecified atom stereocenters. The van der Waals surface area contributed by atoms with E-state index in [2.05, 4.69) is 0 Å². The van der Waals surface area contributed by atoms with E-state index in [1.165, 1.54) is 0 Å². The number of rotatable bonds is 2. The molecule has 3 N–H and O–H groups in total. The Bertz CT molecular complexity index is 226.